The van der Waals surface area contributed by atoms with Crippen LogP contribution >= 0.6 is 11.3 Å². The molecule has 1 amide bonds. The Morgan fingerprint density at radius 2 is 1.95 bits per heavy atom. The van der Waals surface area contributed by atoms with Gasteiger partial charge in [0, 0.05) is 12.0 Å². The van der Waals surface area contributed by atoms with Crippen molar-refractivity contribution in [3.05, 3.63) is 22.4 Å². The van der Waals surface area contributed by atoms with Crippen molar-refractivity contribution in [3.63, 3.8) is 0 Å². The molecule has 0 aliphatic heterocycles. The maximum atomic E-state index is 12.1. The topological polar surface area (TPSA) is 55.4 Å². The largest absolute Gasteiger partial charge is 0.444 e. The highest BCUT2D eigenvalue weighted by atomic mass is 32.1. The zero-order valence-corrected chi connectivity index (χ0v) is 12.8. The van der Waals surface area contributed by atoms with E-state index < -0.39 is 11.7 Å². The summed E-state index contributed by atoms with van der Waals surface area (Å²) in [4.78, 5) is 24.5. The van der Waals surface area contributed by atoms with Crippen molar-refractivity contribution in [2.75, 3.05) is 0 Å². The molecule has 1 rings (SSSR count). The van der Waals surface area contributed by atoms with Crippen molar-refractivity contribution in [1.29, 1.82) is 0 Å². The van der Waals surface area contributed by atoms with E-state index >= 15 is 0 Å². The van der Waals surface area contributed by atoms with E-state index in [-0.39, 0.29) is 17.7 Å². The molecule has 0 aliphatic carbocycles. The number of carbonyl (C=O) groups excluding carboxylic acids is 2. The fraction of sp³-hybridized carbons (Fsp3) is 0.571. The van der Waals surface area contributed by atoms with E-state index in [0.717, 1.165) is 0 Å². The summed E-state index contributed by atoms with van der Waals surface area (Å²) < 4.78 is 5.17. The number of ketones is 1. The standard InChI is InChI=1S/C14H21NO3S/c1-9(12(16)11-7-6-8-19-11)10(2)15-13(17)18-14(3,4)5/h6-10H,1-5H3,(H,15,17). The van der Waals surface area contributed by atoms with Crippen LogP contribution in [0.5, 0.6) is 0 Å². The number of nitrogens with one attached hydrogen (secondary N) is 1. The Hall–Kier alpha value is -1.36. The first-order valence-electron chi connectivity index (χ1n) is 6.28. The van der Waals surface area contributed by atoms with Crippen molar-refractivity contribution < 1.29 is 14.3 Å². The maximum absolute atomic E-state index is 12.1. The lowest BCUT2D eigenvalue weighted by Crippen LogP contribution is -2.42. The van der Waals surface area contributed by atoms with Gasteiger partial charge >= 0.3 is 6.09 Å². The van der Waals surface area contributed by atoms with Gasteiger partial charge in [-0.25, -0.2) is 4.79 Å². The summed E-state index contributed by atoms with van der Waals surface area (Å²) in [5.41, 5.74) is -0.537. The molecule has 1 heterocycles. The van der Waals surface area contributed by atoms with Crippen LogP contribution in [0.2, 0.25) is 0 Å². The molecule has 1 aromatic rings. The van der Waals surface area contributed by atoms with Gasteiger partial charge in [-0.15, -0.1) is 11.3 Å². The van der Waals surface area contributed by atoms with Gasteiger partial charge in [0.2, 0.25) is 0 Å². The third-order valence-corrected chi connectivity index (χ3v) is 3.56. The molecule has 0 saturated carbocycles. The summed E-state index contributed by atoms with van der Waals surface area (Å²) in [6.45, 7) is 9.02. The number of alkyl carbamates (subject to hydrolysis) is 1. The molecular weight excluding hydrogens is 262 g/mol. The van der Waals surface area contributed by atoms with Gasteiger partial charge in [-0.05, 0) is 39.1 Å². The molecule has 1 aromatic heterocycles. The first-order chi connectivity index (χ1) is 8.70. The van der Waals surface area contributed by atoms with Crippen LogP contribution in [-0.2, 0) is 4.74 Å². The van der Waals surface area contributed by atoms with E-state index in [1.807, 2.05) is 18.4 Å². The van der Waals surface area contributed by atoms with Crippen molar-refractivity contribution >= 4 is 23.2 Å². The number of amides is 1. The number of hydrogen-bond donors (Lipinski definition) is 1. The number of rotatable bonds is 4. The highest BCUT2D eigenvalue weighted by molar-refractivity contribution is 7.12. The summed E-state index contributed by atoms with van der Waals surface area (Å²) in [6, 6.07) is 3.37. The molecule has 0 spiro atoms. The zero-order chi connectivity index (χ0) is 14.6. The smallest absolute Gasteiger partial charge is 0.407 e. The van der Waals surface area contributed by atoms with E-state index in [1.54, 1.807) is 33.8 Å². The quantitative estimate of drug-likeness (QED) is 0.861. The molecule has 19 heavy (non-hydrogen) atoms. The van der Waals surface area contributed by atoms with E-state index in [0.29, 0.717) is 4.88 Å². The second kappa shape index (κ2) is 6.19. The number of thiophene rings is 1. The van der Waals surface area contributed by atoms with E-state index in [4.69, 9.17) is 4.74 Å². The Labute approximate surface area is 118 Å². The molecule has 1 N–H and O–H groups in total. The fourth-order valence-electron chi connectivity index (χ4n) is 1.49. The SMILES string of the molecule is CC(NC(=O)OC(C)(C)C)C(C)C(=O)c1cccs1. The van der Waals surface area contributed by atoms with Crippen LogP contribution in [0.4, 0.5) is 4.79 Å². The van der Waals surface area contributed by atoms with Crippen LogP contribution in [0.3, 0.4) is 0 Å². The summed E-state index contributed by atoms with van der Waals surface area (Å²) in [6.07, 6.45) is -0.495. The molecule has 0 radical (unpaired) electrons. The Morgan fingerprint density at radius 1 is 1.32 bits per heavy atom. The molecule has 0 bridgehead atoms. The summed E-state index contributed by atoms with van der Waals surface area (Å²) in [7, 11) is 0. The number of carbonyl (C=O) groups is 2. The van der Waals surface area contributed by atoms with Gasteiger partial charge in [0.1, 0.15) is 5.60 Å². The van der Waals surface area contributed by atoms with Gasteiger partial charge in [0.15, 0.2) is 5.78 Å². The van der Waals surface area contributed by atoms with Crippen LogP contribution in [0.25, 0.3) is 0 Å². The minimum Gasteiger partial charge on any atom is -0.444 e. The van der Waals surface area contributed by atoms with Crippen molar-refractivity contribution in [2.24, 2.45) is 5.92 Å². The van der Waals surface area contributed by atoms with Crippen molar-refractivity contribution in [1.82, 2.24) is 5.32 Å². The van der Waals surface area contributed by atoms with Gasteiger partial charge in [-0.1, -0.05) is 13.0 Å². The Kier molecular flexibility index (Phi) is 5.11. The molecule has 5 heteroatoms. The molecule has 2 atom stereocenters. The van der Waals surface area contributed by atoms with Crippen LogP contribution in [-0.4, -0.2) is 23.5 Å². The zero-order valence-electron chi connectivity index (χ0n) is 12.0. The van der Waals surface area contributed by atoms with Crippen molar-refractivity contribution in [2.45, 2.75) is 46.3 Å². The first kappa shape index (κ1) is 15.7. The number of ether oxygens (including phenoxy) is 1. The summed E-state index contributed by atoms with van der Waals surface area (Å²) in [5.74, 6) is -0.246. The Bertz CT molecular complexity index is 434. The highest BCUT2D eigenvalue weighted by Crippen LogP contribution is 2.17. The number of Topliss-reactive ketones (excluding diaryl/α,β-unsaturated/α-hetero) is 1. The van der Waals surface area contributed by atoms with Gasteiger partial charge in [0.25, 0.3) is 0 Å². The fourth-order valence-corrected chi connectivity index (χ4v) is 2.25. The minimum atomic E-state index is -0.537. The van der Waals surface area contributed by atoms with E-state index in [9.17, 15) is 9.59 Å². The van der Waals surface area contributed by atoms with E-state index in [2.05, 4.69) is 5.32 Å². The minimum absolute atomic E-state index is 0.0403. The predicted octanol–water partition coefficient (Wildman–Crippen LogP) is 3.48. The molecule has 0 aromatic carbocycles. The second-order valence-corrected chi connectivity index (χ2v) is 6.51. The van der Waals surface area contributed by atoms with Gasteiger partial charge in [-0.2, -0.15) is 0 Å². The Balaban J connectivity index is 2.56. The molecular formula is C14H21NO3S. The monoisotopic (exact) mass is 283 g/mol. The molecule has 0 aliphatic rings. The summed E-state index contributed by atoms with van der Waals surface area (Å²) >= 11 is 1.41. The molecule has 4 nitrogen and oxygen atoms in total. The number of hydrogen-bond acceptors (Lipinski definition) is 4. The van der Waals surface area contributed by atoms with Gasteiger partial charge in [-0.3, -0.25) is 4.79 Å². The predicted molar refractivity (Wildman–Crippen MR) is 76.6 cm³/mol. The second-order valence-electron chi connectivity index (χ2n) is 5.57. The normalized spacial score (nSPS) is 14.6. The molecule has 106 valence electrons. The van der Waals surface area contributed by atoms with Crippen LogP contribution in [0.15, 0.2) is 17.5 Å². The lowest BCUT2D eigenvalue weighted by atomic mass is 9.97. The summed E-state index contributed by atoms with van der Waals surface area (Å²) in [5, 5.41) is 4.57. The van der Waals surface area contributed by atoms with Gasteiger partial charge in [0.05, 0.1) is 4.88 Å². The average Bonchev–Trinajstić information content (AvgIpc) is 2.77. The van der Waals surface area contributed by atoms with Crippen LogP contribution in [0.1, 0.15) is 44.3 Å². The first-order valence-corrected chi connectivity index (χ1v) is 7.16. The third kappa shape index (κ3) is 5.03. The van der Waals surface area contributed by atoms with Crippen LogP contribution in [0, 0.1) is 5.92 Å². The lowest BCUT2D eigenvalue weighted by molar-refractivity contribution is 0.0493. The van der Waals surface area contributed by atoms with E-state index in [1.165, 1.54) is 11.3 Å². The Morgan fingerprint density at radius 3 is 2.42 bits per heavy atom. The molecule has 2 unspecified atom stereocenters. The highest BCUT2D eigenvalue weighted by Gasteiger charge is 2.25. The van der Waals surface area contributed by atoms with Gasteiger partial charge < -0.3 is 10.1 Å². The average molecular weight is 283 g/mol. The van der Waals surface area contributed by atoms with Crippen LogP contribution < -0.4 is 5.32 Å². The third-order valence-electron chi connectivity index (χ3n) is 2.67. The molecule has 0 saturated heterocycles. The maximum Gasteiger partial charge on any atom is 0.407 e. The molecule has 0 fully saturated rings. The van der Waals surface area contributed by atoms with Crippen molar-refractivity contribution in [3.8, 4) is 0 Å². The lowest BCUT2D eigenvalue weighted by Gasteiger charge is -2.24.